The summed E-state index contributed by atoms with van der Waals surface area (Å²) in [6.07, 6.45) is 13.8. The minimum Gasteiger partial charge on any atom is -0.505 e. The maximum atomic E-state index is 12.7. The Hall–Kier alpha value is -6.36. The second-order valence-electron chi connectivity index (χ2n) is 15.1. The summed E-state index contributed by atoms with van der Waals surface area (Å²) in [5.74, 6) is -1.66. The Kier molecular flexibility index (Phi) is 15.7. The van der Waals surface area contributed by atoms with Gasteiger partial charge < -0.3 is 5.11 Å². The van der Waals surface area contributed by atoms with Gasteiger partial charge in [0.15, 0.2) is 5.75 Å². The monoisotopic (exact) mass is 1170 g/mol. The number of benzene rings is 4. The van der Waals surface area contributed by atoms with Crippen molar-refractivity contribution < 1.29 is 49.1 Å². The van der Waals surface area contributed by atoms with Gasteiger partial charge in [-0.1, -0.05) is 43.0 Å². The first-order valence-corrected chi connectivity index (χ1v) is 29.6. The van der Waals surface area contributed by atoms with Crippen LogP contribution in [0.3, 0.4) is 0 Å². The summed E-state index contributed by atoms with van der Waals surface area (Å²) in [6, 6.07) is 5.18. The molecule has 0 aromatic heterocycles. The molecule has 0 unspecified atom stereocenters. The van der Waals surface area contributed by atoms with E-state index in [0.717, 1.165) is 29.7 Å². The van der Waals surface area contributed by atoms with Crippen LogP contribution in [-0.2, 0) is 30.4 Å². The van der Waals surface area contributed by atoms with Gasteiger partial charge in [-0.05, 0) is 81.0 Å². The minimum atomic E-state index is -5.22. The van der Waals surface area contributed by atoms with Crippen molar-refractivity contribution >= 4 is 108 Å². The number of rotatable bonds is 15. The molecule has 0 saturated carbocycles. The van der Waals surface area contributed by atoms with Gasteiger partial charge in [-0.15, -0.1) is 5.11 Å². The first kappa shape index (κ1) is 51.0. The van der Waals surface area contributed by atoms with Crippen molar-refractivity contribution in [2.24, 2.45) is 40.9 Å². The molecular formula is C44H42N9O11S3Tl. The van der Waals surface area contributed by atoms with E-state index in [9.17, 15) is 49.1 Å². The Morgan fingerprint density at radius 3 is 1.84 bits per heavy atom. The molecule has 4 aromatic rings. The van der Waals surface area contributed by atoms with Gasteiger partial charge in [0, 0.05) is 11.0 Å². The first-order valence-electron chi connectivity index (χ1n) is 20.1. The second-order valence-corrected chi connectivity index (χ2v) is 23.9. The van der Waals surface area contributed by atoms with E-state index >= 15 is 0 Å². The molecule has 1 heterocycles. The molecule has 2 aliphatic rings. The SMILES string of the molecule is C=C/C=C\C(=C(C)C)/C(=C\C=C)N=NC1=CC=C(N=Nc2c(S(=O)(=O)O)cc3c(C)c(N=Nc4cc(S(=O)(=O)O)c5cc(S(=O)(=O)O)c(N=NC6=[CH][Tl]=[CH]CC6)c(O)c5c4N)ccc3c2O)CC1. The summed E-state index contributed by atoms with van der Waals surface area (Å²) in [5, 5.41) is 55.0. The van der Waals surface area contributed by atoms with Crippen LogP contribution >= 0.6 is 0 Å². The van der Waals surface area contributed by atoms with Crippen LogP contribution in [0.1, 0.15) is 45.1 Å². The Morgan fingerprint density at radius 1 is 0.691 bits per heavy atom. The average Bonchev–Trinajstić information content (AvgIpc) is 3.27. The largest absolute Gasteiger partial charge is 0.505 e. The maximum absolute atomic E-state index is 12.7. The van der Waals surface area contributed by atoms with Gasteiger partial charge in [0.1, 0.15) is 10.6 Å². The summed E-state index contributed by atoms with van der Waals surface area (Å²) in [5.41, 5.74) is 8.32. The van der Waals surface area contributed by atoms with E-state index in [0.29, 0.717) is 48.1 Å². The van der Waals surface area contributed by atoms with Crippen molar-refractivity contribution in [1.29, 1.82) is 0 Å². The molecule has 68 heavy (non-hydrogen) atoms. The number of hydrogen-bond donors (Lipinski definition) is 6. The smallest absolute Gasteiger partial charge is 0.152 e. The van der Waals surface area contributed by atoms with Crippen molar-refractivity contribution in [3.05, 3.63) is 129 Å². The summed E-state index contributed by atoms with van der Waals surface area (Å²) in [7, 11) is -15.5. The molecule has 7 N–H and O–H groups in total. The zero-order valence-corrected chi connectivity index (χ0v) is 43.4. The van der Waals surface area contributed by atoms with E-state index < -0.39 is 114 Å². The van der Waals surface area contributed by atoms with Crippen LogP contribution < -0.4 is 5.73 Å². The predicted octanol–water partition coefficient (Wildman–Crippen LogP) is 10.9. The Morgan fingerprint density at radius 2 is 1.28 bits per heavy atom. The van der Waals surface area contributed by atoms with E-state index in [-0.39, 0.29) is 22.0 Å². The molecule has 0 atom stereocenters. The van der Waals surface area contributed by atoms with Crippen LogP contribution in [0.5, 0.6) is 11.5 Å². The molecule has 20 nitrogen and oxygen atoms in total. The van der Waals surface area contributed by atoms with Crippen LogP contribution in [0.4, 0.5) is 28.4 Å². The fraction of sp³-hybridized carbons (Fsp3) is 0.159. The van der Waals surface area contributed by atoms with Crippen LogP contribution in [0.15, 0.2) is 179 Å². The minimum absolute atomic E-state index is 0.00809. The number of nitrogens with two attached hydrogens (primary N) is 1. The normalized spacial score (nSPS) is 15.2. The maximum Gasteiger partial charge on any atom is 0.152 e. The molecule has 0 fully saturated rings. The number of allylic oxidation sites excluding steroid dienone is 11. The molecule has 24 heteroatoms. The van der Waals surface area contributed by atoms with E-state index in [1.165, 1.54) is 19.1 Å². The van der Waals surface area contributed by atoms with Crippen molar-refractivity contribution in [3.63, 3.8) is 0 Å². The molecule has 0 spiro atoms. The summed E-state index contributed by atoms with van der Waals surface area (Å²) < 4.78 is 111. The number of aromatic hydroxyl groups is 2. The van der Waals surface area contributed by atoms with Crippen LogP contribution in [-0.4, -0.2) is 76.4 Å². The van der Waals surface area contributed by atoms with Gasteiger partial charge >= 0.3 is 188 Å². The third-order valence-electron chi connectivity index (χ3n) is 10.3. The molecule has 6 rings (SSSR count). The third-order valence-corrected chi connectivity index (χ3v) is 17.5. The fourth-order valence-corrected chi connectivity index (χ4v) is 12.6. The van der Waals surface area contributed by atoms with Gasteiger partial charge in [-0.3, -0.25) is 4.55 Å². The first-order chi connectivity index (χ1) is 32.0. The number of nitrogens with zero attached hydrogens (tertiary/aromatic N) is 8. The molecule has 1 aliphatic carbocycles. The van der Waals surface area contributed by atoms with Crippen LogP contribution in [0, 0.1) is 6.92 Å². The summed E-state index contributed by atoms with van der Waals surface area (Å²) in [6.45, 7) is 12.8. The number of anilines is 1. The van der Waals surface area contributed by atoms with Crippen molar-refractivity contribution in [1.82, 2.24) is 0 Å². The van der Waals surface area contributed by atoms with Crippen molar-refractivity contribution in [2.75, 3.05) is 5.73 Å². The number of aryl methyl sites for hydroxylation is 1. The van der Waals surface area contributed by atoms with E-state index in [4.69, 9.17) is 5.73 Å². The number of fused-ring (bicyclic) bond motifs is 2. The number of phenolic OH excluding ortho intramolecular Hbond substituents is 2. The molecule has 0 saturated heterocycles. The number of hydrogen-bond acceptors (Lipinski definition) is 17. The second kappa shape index (κ2) is 20.9. The van der Waals surface area contributed by atoms with Crippen molar-refractivity contribution in [2.45, 2.75) is 61.1 Å². The topological polar surface area (TPSA) is 328 Å². The summed E-state index contributed by atoms with van der Waals surface area (Å²) >= 11 is -1.33. The van der Waals surface area contributed by atoms with Gasteiger partial charge in [0.05, 0.1) is 17.1 Å². The van der Waals surface area contributed by atoms with Gasteiger partial charge in [0.2, 0.25) is 0 Å². The third kappa shape index (κ3) is 11.5. The zero-order chi connectivity index (χ0) is 49.7. The molecule has 4 aromatic carbocycles. The molecule has 0 radical (unpaired) electrons. The van der Waals surface area contributed by atoms with E-state index in [1.807, 2.05) is 23.6 Å². The van der Waals surface area contributed by atoms with E-state index in [1.54, 1.807) is 36.5 Å². The predicted molar refractivity (Wildman–Crippen MR) is 258 cm³/mol. The molecule has 0 bridgehead atoms. The van der Waals surface area contributed by atoms with Crippen LogP contribution in [0.25, 0.3) is 21.5 Å². The standard InChI is InChI=1S/C44H42N9O11S3.Tl/c1-8-11-14-29(24(4)5)34(13-10-3)50-47-27-15-17-28(18-16-27)48-53-41-37(66(59,60)61)21-31-26(7)33(20-19-30(31)43(41)54)49-51-35-23-36(65(56,57)58)32-22-38(67(62,63)64)42(44(55)39(32)40(35)45)52-46-25(6)12-9-2;/h2,6,8,10-11,13-15,17,19-23,54-55H,1,3,9,12,16,18,45H2,4-5,7H3,(H,56,57,58)(H,59,60,61)(H,62,63,64);/b14-11-,25-6?,34-13+,50-47?,51-49?,52-46?,53-48?;. The quantitative estimate of drug-likeness (QED) is 0.0213. The number of azo groups is 4. The summed E-state index contributed by atoms with van der Waals surface area (Å²) in [4.78, 5) is -2.78. The molecule has 1 aliphatic heterocycles. The average molecular weight is 1170 g/mol. The van der Waals surface area contributed by atoms with Gasteiger partial charge in [0.25, 0.3) is 10.1 Å². The van der Waals surface area contributed by atoms with Crippen molar-refractivity contribution in [3.8, 4) is 11.5 Å². The van der Waals surface area contributed by atoms with E-state index in [2.05, 4.69) is 57.6 Å². The van der Waals surface area contributed by atoms with Crippen LogP contribution in [0.2, 0.25) is 0 Å². The van der Waals surface area contributed by atoms with Gasteiger partial charge in [-0.2, -0.15) is 23.8 Å². The number of nitrogen functional groups attached to an aromatic ring is 1. The Bertz CT molecular complexity index is 3530. The fourth-order valence-electron chi connectivity index (χ4n) is 6.92. The zero-order valence-electron chi connectivity index (χ0n) is 36.5. The van der Waals surface area contributed by atoms with Gasteiger partial charge in [-0.25, -0.2) is 0 Å². The molecule has 0 amide bonds. The Balaban J connectivity index is 1.39. The Labute approximate surface area is 402 Å². The number of phenols is 2. The molecule has 350 valence electrons. The molecular weight excluding hydrogens is 1130 g/mol.